The summed E-state index contributed by atoms with van der Waals surface area (Å²) < 4.78 is 1.77. The second-order valence-corrected chi connectivity index (χ2v) is 7.13. The Labute approximate surface area is 161 Å². The summed E-state index contributed by atoms with van der Waals surface area (Å²) in [4.78, 5) is 12.6. The molecule has 1 saturated carbocycles. The van der Waals surface area contributed by atoms with Crippen LogP contribution >= 0.6 is 12.4 Å². The molecule has 0 spiro atoms. The molecule has 26 heavy (non-hydrogen) atoms. The van der Waals surface area contributed by atoms with Crippen molar-refractivity contribution in [3.05, 3.63) is 47.7 Å². The summed E-state index contributed by atoms with van der Waals surface area (Å²) in [7, 11) is 1.88. The number of benzene rings is 1. The van der Waals surface area contributed by atoms with Crippen molar-refractivity contribution >= 4 is 24.1 Å². The highest BCUT2D eigenvalue weighted by atomic mass is 35.5. The number of hydrogen-bond acceptors (Lipinski definition) is 3. The fourth-order valence-electron chi connectivity index (χ4n) is 3.57. The van der Waals surface area contributed by atoms with E-state index in [4.69, 9.17) is 5.73 Å². The molecule has 142 valence electrons. The number of anilines is 1. The average molecular weight is 377 g/mol. The topological polar surface area (TPSA) is 72.9 Å². The Balaban J connectivity index is 0.00000243. The molecule has 2 atom stereocenters. The van der Waals surface area contributed by atoms with Crippen LogP contribution < -0.4 is 11.1 Å². The Morgan fingerprint density at radius 1 is 1.23 bits per heavy atom. The molecule has 3 N–H and O–H groups in total. The zero-order valence-electron chi connectivity index (χ0n) is 15.5. The summed E-state index contributed by atoms with van der Waals surface area (Å²) >= 11 is 0. The Kier molecular flexibility index (Phi) is 7.23. The molecule has 3 rings (SSSR count). The lowest BCUT2D eigenvalue weighted by molar-refractivity contribution is -0.120. The molecule has 1 aliphatic carbocycles. The van der Waals surface area contributed by atoms with Gasteiger partial charge in [0, 0.05) is 25.1 Å². The molecule has 0 aliphatic heterocycles. The predicted molar refractivity (Wildman–Crippen MR) is 107 cm³/mol. The number of halogens is 1. The molecule has 0 bridgehead atoms. The lowest BCUT2D eigenvalue weighted by atomic mass is 9.87. The van der Waals surface area contributed by atoms with E-state index in [0.717, 1.165) is 17.1 Å². The van der Waals surface area contributed by atoms with Gasteiger partial charge in [0.2, 0.25) is 5.91 Å². The zero-order valence-corrected chi connectivity index (χ0v) is 16.3. The van der Waals surface area contributed by atoms with Crippen LogP contribution in [0.25, 0.3) is 0 Å². The number of nitrogens with zero attached hydrogens (tertiary/aromatic N) is 2. The Bertz CT molecular complexity index is 710. The summed E-state index contributed by atoms with van der Waals surface area (Å²) in [5.74, 6) is 0.872. The van der Waals surface area contributed by atoms with Crippen molar-refractivity contribution in [1.82, 2.24) is 9.78 Å². The van der Waals surface area contributed by atoms with E-state index < -0.39 is 0 Å². The molecule has 1 amide bonds. The second kappa shape index (κ2) is 9.19. The lowest BCUT2D eigenvalue weighted by Crippen LogP contribution is -2.31. The van der Waals surface area contributed by atoms with E-state index in [0.29, 0.717) is 5.92 Å². The van der Waals surface area contributed by atoms with Crippen LogP contribution in [0, 0.1) is 5.92 Å². The van der Waals surface area contributed by atoms with Gasteiger partial charge in [-0.25, -0.2) is 0 Å². The van der Waals surface area contributed by atoms with E-state index >= 15 is 0 Å². The average Bonchev–Trinajstić information content (AvgIpc) is 3.02. The van der Waals surface area contributed by atoms with Crippen LogP contribution in [-0.2, 0) is 11.8 Å². The first-order valence-electron chi connectivity index (χ1n) is 9.21. The highest BCUT2D eigenvalue weighted by Crippen LogP contribution is 2.33. The first kappa shape index (κ1) is 20.5. The molecule has 0 radical (unpaired) electrons. The summed E-state index contributed by atoms with van der Waals surface area (Å²) in [6, 6.07) is 11.4. The first-order chi connectivity index (χ1) is 12.1. The van der Waals surface area contributed by atoms with E-state index in [1.165, 1.54) is 32.1 Å². The van der Waals surface area contributed by atoms with Crippen LogP contribution in [-0.4, -0.2) is 15.7 Å². The number of nitrogens with two attached hydrogens (primary N) is 1. The van der Waals surface area contributed by atoms with Gasteiger partial charge >= 0.3 is 0 Å². The molecular formula is C20H29ClN4O. The molecular weight excluding hydrogens is 348 g/mol. The molecule has 1 aromatic heterocycles. The maximum atomic E-state index is 12.6. The van der Waals surface area contributed by atoms with E-state index in [2.05, 4.69) is 10.4 Å². The fraction of sp³-hybridized carbons (Fsp3) is 0.500. The Morgan fingerprint density at radius 2 is 1.88 bits per heavy atom. The normalized spacial score (nSPS) is 17.2. The third kappa shape index (κ3) is 4.65. The quantitative estimate of drug-likeness (QED) is 0.822. The van der Waals surface area contributed by atoms with Gasteiger partial charge in [-0.1, -0.05) is 56.5 Å². The van der Waals surface area contributed by atoms with Gasteiger partial charge in [-0.05, 0) is 18.4 Å². The molecule has 1 aliphatic rings. The number of amides is 1. The van der Waals surface area contributed by atoms with Gasteiger partial charge in [0.15, 0.2) is 0 Å². The van der Waals surface area contributed by atoms with Gasteiger partial charge in [0.1, 0.15) is 5.82 Å². The van der Waals surface area contributed by atoms with E-state index in [-0.39, 0.29) is 30.3 Å². The molecule has 1 fully saturated rings. The van der Waals surface area contributed by atoms with Crippen LogP contribution in [0.3, 0.4) is 0 Å². The third-order valence-corrected chi connectivity index (χ3v) is 5.31. The number of nitrogens with one attached hydrogen (secondary N) is 1. The Morgan fingerprint density at radius 3 is 2.54 bits per heavy atom. The maximum absolute atomic E-state index is 12.6. The lowest BCUT2D eigenvalue weighted by Gasteiger charge is -2.20. The van der Waals surface area contributed by atoms with Gasteiger partial charge in [-0.15, -0.1) is 12.4 Å². The van der Waals surface area contributed by atoms with Crippen LogP contribution in [0.15, 0.2) is 36.4 Å². The summed E-state index contributed by atoms with van der Waals surface area (Å²) in [6.07, 6.45) is 6.25. The molecule has 2 unspecified atom stereocenters. The number of carbonyl (C=O) groups is 1. The number of aromatic nitrogens is 2. The highest BCUT2D eigenvalue weighted by molar-refractivity contribution is 5.92. The van der Waals surface area contributed by atoms with E-state index in [1.54, 1.807) is 4.68 Å². The monoisotopic (exact) mass is 376 g/mol. The highest BCUT2D eigenvalue weighted by Gasteiger charge is 2.24. The molecule has 1 heterocycles. The maximum Gasteiger partial charge on any atom is 0.230 e. The van der Waals surface area contributed by atoms with Crippen molar-refractivity contribution in [3.63, 3.8) is 0 Å². The van der Waals surface area contributed by atoms with Crippen molar-refractivity contribution < 1.29 is 4.79 Å². The molecule has 0 saturated heterocycles. The fourth-order valence-corrected chi connectivity index (χ4v) is 3.57. The number of aryl methyl sites for hydroxylation is 1. The van der Waals surface area contributed by atoms with Crippen LogP contribution in [0.2, 0.25) is 0 Å². The molecule has 5 nitrogen and oxygen atoms in total. The van der Waals surface area contributed by atoms with Gasteiger partial charge in [-0.3, -0.25) is 9.48 Å². The number of hydrogen-bond donors (Lipinski definition) is 2. The number of carbonyl (C=O) groups excluding carboxylic acids is 1. The molecule has 1 aromatic carbocycles. The second-order valence-electron chi connectivity index (χ2n) is 7.13. The van der Waals surface area contributed by atoms with Crippen LogP contribution in [0.4, 0.5) is 5.82 Å². The van der Waals surface area contributed by atoms with Crippen molar-refractivity contribution in [3.8, 4) is 0 Å². The van der Waals surface area contributed by atoms with Crippen molar-refractivity contribution in [2.45, 2.75) is 51.0 Å². The number of rotatable bonds is 5. The van der Waals surface area contributed by atoms with Crippen molar-refractivity contribution in [2.24, 2.45) is 18.7 Å². The van der Waals surface area contributed by atoms with Crippen molar-refractivity contribution in [1.29, 1.82) is 0 Å². The van der Waals surface area contributed by atoms with Crippen molar-refractivity contribution in [2.75, 3.05) is 5.32 Å². The van der Waals surface area contributed by atoms with Gasteiger partial charge < -0.3 is 11.1 Å². The van der Waals surface area contributed by atoms with E-state index in [9.17, 15) is 4.79 Å². The van der Waals surface area contributed by atoms with Gasteiger partial charge in [-0.2, -0.15) is 5.10 Å². The summed E-state index contributed by atoms with van der Waals surface area (Å²) in [6.45, 7) is 1.87. The third-order valence-electron chi connectivity index (χ3n) is 5.31. The van der Waals surface area contributed by atoms with E-state index in [1.807, 2.05) is 50.4 Å². The minimum absolute atomic E-state index is 0. The summed E-state index contributed by atoms with van der Waals surface area (Å²) in [5.41, 5.74) is 8.34. The molecule has 2 aromatic rings. The first-order valence-corrected chi connectivity index (χ1v) is 9.21. The van der Waals surface area contributed by atoms with Crippen LogP contribution in [0.1, 0.15) is 62.2 Å². The SMILES string of the molecule is CC(C(=O)Nc1cc(C2CCCCC2)nn1C)C(N)c1ccccc1.Cl. The minimum atomic E-state index is -0.327. The van der Waals surface area contributed by atoms with Gasteiger partial charge in [0.25, 0.3) is 0 Å². The minimum Gasteiger partial charge on any atom is -0.323 e. The zero-order chi connectivity index (χ0) is 17.8. The van der Waals surface area contributed by atoms with Crippen LogP contribution in [0.5, 0.6) is 0 Å². The summed E-state index contributed by atoms with van der Waals surface area (Å²) in [5, 5.41) is 7.62. The molecule has 6 heteroatoms. The van der Waals surface area contributed by atoms with Gasteiger partial charge in [0.05, 0.1) is 11.6 Å². The predicted octanol–water partition coefficient (Wildman–Crippen LogP) is 4.16. The Hall–Kier alpha value is -1.85. The standard InChI is InChI=1S/C20H28N4O.ClH/c1-14(19(21)16-11-7-4-8-12-16)20(25)22-18-13-17(23-24(18)2)15-9-5-3-6-10-15;/h4,7-8,11-15,19H,3,5-6,9-10,21H2,1-2H3,(H,22,25);1H. The smallest absolute Gasteiger partial charge is 0.230 e. The largest absolute Gasteiger partial charge is 0.323 e.